The third kappa shape index (κ3) is 2.07. The van der Waals surface area contributed by atoms with Crippen LogP contribution in [0.5, 0.6) is 0 Å². The largest absolute Gasteiger partial charge is 0.478 e. The molecule has 0 amide bonds. The Labute approximate surface area is 79.2 Å². The average Bonchev–Trinajstić information content (AvgIpc) is 2.03. The fourth-order valence-corrected chi connectivity index (χ4v) is 1.10. The van der Waals surface area contributed by atoms with Gasteiger partial charge >= 0.3 is 11.9 Å². The highest BCUT2D eigenvalue weighted by Crippen LogP contribution is 2.13. The third-order valence-corrected chi connectivity index (χ3v) is 1.79. The van der Waals surface area contributed by atoms with Gasteiger partial charge in [-0.15, -0.1) is 0 Å². The molecule has 0 heterocycles. The summed E-state index contributed by atoms with van der Waals surface area (Å²) in [6, 6.07) is 4.17. The molecular formula is C9H9FO4. The van der Waals surface area contributed by atoms with Gasteiger partial charge in [0.25, 0.3) is 0 Å². The number of carbonyl (C=O) groups is 2. The van der Waals surface area contributed by atoms with Crippen LogP contribution in [0.15, 0.2) is 18.2 Å². The number of halogens is 1. The molecular weight excluding hydrogens is 191 g/mol. The van der Waals surface area contributed by atoms with Gasteiger partial charge < -0.3 is 10.2 Å². The summed E-state index contributed by atoms with van der Waals surface area (Å²) in [5, 5.41) is 17.4. The van der Waals surface area contributed by atoms with Gasteiger partial charge in [-0.05, 0) is 24.6 Å². The molecule has 0 radical (unpaired) electrons. The molecule has 0 bridgehead atoms. The maximum Gasteiger partial charge on any atom is 0.335 e. The summed E-state index contributed by atoms with van der Waals surface area (Å²) in [6.07, 6.45) is 0. The Kier molecular flexibility index (Phi) is 3.77. The molecule has 1 aromatic carbocycles. The van der Waals surface area contributed by atoms with Crippen molar-refractivity contribution in [3.05, 3.63) is 34.9 Å². The normalized spacial score (nSPS) is 8.93. The first kappa shape index (κ1) is 12.1. The van der Waals surface area contributed by atoms with Crippen molar-refractivity contribution in [1.82, 2.24) is 0 Å². The van der Waals surface area contributed by atoms with E-state index in [0.29, 0.717) is 0 Å². The molecule has 0 saturated heterocycles. The topological polar surface area (TPSA) is 74.6 Å². The zero-order valence-electron chi connectivity index (χ0n) is 7.35. The Hall–Kier alpha value is -1.91. The summed E-state index contributed by atoms with van der Waals surface area (Å²) >= 11 is 0. The highest BCUT2D eigenvalue weighted by Gasteiger charge is 2.13. The average molecular weight is 200 g/mol. The molecule has 76 valence electrons. The van der Waals surface area contributed by atoms with E-state index in [-0.39, 0.29) is 21.4 Å². The first-order valence-electron chi connectivity index (χ1n) is 3.60. The van der Waals surface area contributed by atoms with Crippen LogP contribution in [0, 0.1) is 6.92 Å². The second kappa shape index (κ2) is 4.36. The summed E-state index contributed by atoms with van der Waals surface area (Å²) in [6.45, 7) is 1.48. The van der Waals surface area contributed by atoms with Crippen LogP contribution in [0.4, 0.5) is 4.70 Å². The molecule has 0 aliphatic heterocycles. The molecule has 5 heteroatoms. The summed E-state index contributed by atoms with van der Waals surface area (Å²) in [5.74, 6) is -2.22. The van der Waals surface area contributed by atoms with Gasteiger partial charge in [-0.2, -0.15) is 0 Å². The molecule has 14 heavy (non-hydrogen) atoms. The van der Waals surface area contributed by atoms with E-state index in [1.54, 1.807) is 0 Å². The zero-order valence-corrected chi connectivity index (χ0v) is 7.35. The van der Waals surface area contributed by atoms with Crippen molar-refractivity contribution in [3.8, 4) is 0 Å². The van der Waals surface area contributed by atoms with E-state index >= 15 is 0 Å². The smallest absolute Gasteiger partial charge is 0.335 e. The summed E-state index contributed by atoms with van der Waals surface area (Å²) in [4.78, 5) is 21.2. The van der Waals surface area contributed by atoms with Crippen LogP contribution in [-0.2, 0) is 0 Å². The number of rotatable bonds is 2. The van der Waals surface area contributed by atoms with Gasteiger partial charge in [-0.3, -0.25) is 4.70 Å². The SMILES string of the molecule is Cc1c(C(=O)O)cccc1C(=O)O.F. The predicted molar refractivity (Wildman–Crippen MR) is 47.6 cm³/mol. The number of benzene rings is 1. The molecule has 0 saturated carbocycles. The van der Waals surface area contributed by atoms with E-state index in [0.717, 1.165) is 0 Å². The lowest BCUT2D eigenvalue weighted by Crippen LogP contribution is -2.06. The van der Waals surface area contributed by atoms with Gasteiger partial charge in [0, 0.05) is 0 Å². The first-order valence-corrected chi connectivity index (χ1v) is 3.60. The van der Waals surface area contributed by atoms with Crippen LogP contribution in [-0.4, -0.2) is 22.2 Å². The molecule has 0 aliphatic rings. The number of hydrogen-bond acceptors (Lipinski definition) is 2. The Morgan fingerprint density at radius 1 is 1.07 bits per heavy atom. The van der Waals surface area contributed by atoms with Crippen LogP contribution < -0.4 is 0 Å². The Morgan fingerprint density at radius 3 is 1.71 bits per heavy atom. The van der Waals surface area contributed by atoms with E-state index in [1.807, 2.05) is 0 Å². The highest BCUT2D eigenvalue weighted by atomic mass is 19.0. The molecule has 0 aliphatic carbocycles. The lowest BCUT2D eigenvalue weighted by molar-refractivity contribution is 0.0696. The Morgan fingerprint density at radius 2 is 1.43 bits per heavy atom. The summed E-state index contributed by atoms with van der Waals surface area (Å²) in [7, 11) is 0. The van der Waals surface area contributed by atoms with Gasteiger partial charge in [0.05, 0.1) is 11.1 Å². The van der Waals surface area contributed by atoms with E-state index in [1.165, 1.54) is 25.1 Å². The minimum absolute atomic E-state index is 0. The number of hydrogen-bond donors (Lipinski definition) is 2. The predicted octanol–water partition coefficient (Wildman–Crippen LogP) is 1.54. The van der Waals surface area contributed by atoms with Crippen molar-refractivity contribution in [2.24, 2.45) is 0 Å². The van der Waals surface area contributed by atoms with Gasteiger partial charge in [0.1, 0.15) is 0 Å². The molecule has 1 rings (SSSR count). The lowest BCUT2D eigenvalue weighted by atomic mass is 10.0. The van der Waals surface area contributed by atoms with Crippen molar-refractivity contribution < 1.29 is 24.5 Å². The van der Waals surface area contributed by atoms with Gasteiger partial charge in [-0.1, -0.05) is 6.07 Å². The van der Waals surface area contributed by atoms with Gasteiger partial charge in [-0.25, -0.2) is 9.59 Å². The molecule has 0 atom stereocenters. The molecule has 1 aromatic rings. The second-order valence-corrected chi connectivity index (χ2v) is 2.59. The number of carboxylic acids is 2. The van der Waals surface area contributed by atoms with E-state index in [2.05, 4.69) is 0 Å². The van der Waals surface area contributed by atoms with Crippen molar-refractivity contribution in [1.29, 1.82) is 0 Å². The van der Waals surface area contributed by atoms with E-state index in [9.17, 15) is 9.59 Å². The minimum atomic E-state index is -1.11. The summed E-state index contributed by atoms with van der Waals surface area (Å²) < 4.78 is 0. The molecule has 0 fully saturated rings. The Balaban J connectivity index is 0.00000169. The maximum absolute atomic E-state index is 10.6. The Bertz CT molecular complexity index is 341. The van der Waals surface area contributed by atoms with Crippen molar-refractivity contribution in [2.75, 3.05) is 0 Å². The standard InChI is InChI=1S/C9H8O4.FH/c1-5-6(8(10)11)3-2-4-7(5)9(12)13;/h2-4H,1H3,(H,10,11)(H,12,13);1H. The van der Waals surface area contributed by atoms with Crippen molar-refractivity contribution >= 4 is 11.9 Å². The quantitative estimate of drug-likeness (QED) is 0.759. The molecule has 4 nitrogen and oxygen atoms in total. The monoisotopic (exact) mass is 200 g/mol. The van der Waals surface area contributed by atoms with Crippen molar-refractivity contribution in [2.45, 2.75) is 6.92 Å². The summed E-state index contributed by atoms with van der Waals surface area (Å²) in [5.41, 5.74) is 0.335. The van der Waals surface area contributed by atoms with Gasteiger partial charge in [0.2, 0.25) is 0 Å². The fourth-order valence-electron chi connectivity index (χ4n) is 1.10. The zero-order chi connectivity index (χ0) is 10.0. The molecule has 2 N–H and O–H groups in total. The molecule has 0 aromatic heterocycles. The number of aromatic carboxylic acids is 2. The van der Waals surface area contributed by atoms with Crippen LogP contribution in [0.2, 0.25) is 0 Å². The van der Waals surface area contributed by atoms with Gasteiger partial charge in [0.15, 0.2) is 0 Å². The molecule has 0 spiro atoms. The lowest BCUT2D eigenvalue weighted by Gasteiger charge is -2.03. The van der Waals surface area contributed by atoms with Crippen LogP contribution in [0.3, 0.4) is 0 Å². The van der Waals surface area contributed by atoms with Crippen LogP contribution >= 0.6 is 0 Å². The number of carboxylic acid groups (broad SMARTS) is 2. The highest BCUT2D eigenvalue weighted by molar-refractivity contribution is 5.96. The van der Waals surface area contributed by atoms with Crippen molar-refractivity contribution in [3.63, 3.8) is 0 Å². The maximum atomic E-state index is 10.6. The van der Waals surface area contributed by atoms with E-state index < -0.39 is 11.9 Å². The fraction of sp³-hybridized carbons (Fsp3) is 0.111. The third-order valence-electron chi connectivity index (χ3n) is 1.79. The first-order chi connectivity index (χ1) is 6.04. The van der Waals surface area contributed by atoms with E-state index in [4.69, 9.17) is 10.2 Å². The van der Waals surface area contributed by atoms with Crippen LogP contribution in [0.1, 0.15) is 26.3 Å². The van der Waals surface area contributed by atoms with Crippen LogP contribution in [0.25, 0.3) is 0 Å². The second-order valence-electron chi connectivity index (χ2n) is 2.59. The minimum Gasteiger partial charge on any atom is -0.478 e. The molecule has 0 unspecified atom stereocenters.